The third-order valence-electron chi connectivity index (χ3n) is 7.96. The number of carbonyl (C=O) groups is 2. The molecule has 0 radical (unpaired) electrons. The molecule has 0 aliphatic carbocycles. The molecule has 0 saturated carbocycles. The number of aliphatic hydroxyl groups excluding tert-OH is 1. The molecule has 0 spiro atoms. The highest BCUT2D eigenvalue weighted by Crippen LogP contribution is 2.47. The molecular formula is C36H31NO6. The third kappa shape index (κ3) is 5.41. The third-order valence-corrected chi connectivity index (χ3v) is 7.96. The van der Waals surface area contributed by atoms with Crippen molar-refractivity contribution in [3.63, 3.8) is 0 Å². The van der Waals surface area contributed by atoms with Crippen molar-refractivity contribution < 1.29 is 28.9 Å². The van der Waals surface area contributed by atoms with Crippen molar-refractivity contribution in [2.24, 2.45) is 5.92 Å². The SMILES string of the molecule is CO[C@@]1(OC(=O)[C@H](O)c2ccccc2C(C)=O)c2cc(-c3ccc4ccccc4n3)ccc2OC[C@H]1Cc1ccccc1. The number of aliphatic hydroxyl groups is 1. The maximum atomic E-state index is 13.7. The van der Waals surface area contributed by atoms with Crippen LogP contribution >= 0.6 is 0 Å². The zero-order valence-corrected chi connectivity index (χ0v) is 23.9. The molecule has 3 atom stereocenters. The Kier molecular flexibility index (Phi) is 7.76. The zero-order valence-electron chi connectivity index (χ0n) is 23.9. The Morgan fingerprint density at radius 3 is 2.49 bits per heavy atom. The van der Waals surface area contributed by atoms with Gasteiger partial charge in [0.05, 0.1) is 29.3 Å². The van der Waals surface area contributed by atoms with E-state index in [-0.39, 0.29) is 23.5 Å². The van der Waals surface area contributed by atoms with E-state index >= 15 is 0 Å². The summed E-state index contributed by atoms with van der Waals surface area (Å²) in [6.45, 7) is 1.59. The van der Waals surface area contributed by atoms with E-state index in [9.17, 15) is 14.7 Å². The summed E-state index contributed by atoms with van der Waals surface area (Å²) in [5.74, 6) is -2.78. The van der Waals surface area contributed by atoms with Crippen LogP contribution in [0.25, 0.3) is 22.2 Å². The van der Waals surface area contributed by atoms with Crippen LogP contribution in [0.4, 0.5) is 0 Å². The number of fused-ring (bicyclic) bond motifs is 2. The summed E-state index contributed by atoms with van der Waals surface area (Å²) in [6, 6.07) is 33.7. The fraction of sp³-hybridized carbons (Fsp3) is 0.194. The maximum Gasteiger partial charge on any atom is 0.342 e. The minimum atomic E-state index is -1.71. The Hall–Kier alpha value is -4.85. The quantitative estimate of drug-likeness (QED) is 0.130. The normalized spacial score (nSPS) is 18.3. The van der Waals surface area contributed by atoms with Gasteiger partial charge >= 0.3 is 5.97 Å². The van der Waals surface area contributed by atoms with E-state index in [0.717, 1.165) is 27.7 Å². The number of carbonyl (C=O) groups excluding carboxylic acids is 2. The lowest BCUT2D eigenvalue weighted by Crippen LogP contribution is -2.49. The number of ether oxygens (including phenoxy) is 3. The topological polar surface area (TPSA) is 95.0 Å². The number of benzene rings is 4. The Balaban J connectivity index is 1.44. The predicted molar refractivity (Wildman–Crippen MR) is 162 cm³/mol. The van der Waals surface area contributed by atoms with Gasteiger partial charge in [0.1, 0.15) is 5.75 Å². The van der Waals surface area contributed by atoms with Gasteiger partial charge < -0.3 is 19.3 Å². The molecule has 7 nitrogen and oxygen atoms in total. The number of Topliss-reactive ketones (excluding diaryl/α,β-unsaturated/α-hetero) is 1. The van der Waals surface area contributed by atoms with Gasteiger partial charge in [-0.15, -0.1) is 0 Å². The molecule has 1 N–H and O–H groups in total. The van der Waals surface area contributed by atoms with Gasteiger partial charge in [-0.05, 0) is 49.2 Å². The number of pyridine rings is 1. The van der Waals surface area contributed by atoms with Crippen LogP contribution in [0, 0.1) is 5.92 Å². The van der Waals surface area contributed by atoms with Crippen molar-refractivity contribution in [3.05, 3.63) is 131 Å². The molecule has 216 valence electrons. The van der Waals surface area contributed by atoms with Crippen LogP contribution in [0.1, 0.15) is 40.1 Å². The summed E-state index contributed by atoms with van der Waals surface area (Å²) in [7, 11) is 1.48. The van der Waals surface area contributed by atoms with E-state index in [4.69, 9.17) is 19.2 Å². The summed E-state index contributed by atoms with van der Waals surface area (Å²) in [4.78, 5) is 30.9. The number of nitrogens with zero attached hydrogens (tertiary/aromatic N) is 1. The lowest BCUT2D eigenvalue weighted by atomic mass is 9.83. The number of methoxy groups -OCH3 is 1. The first-order valence-corrected chi connectivity index (χ1v) is 14.1. The van der Waals surface area contributed by atoms with Crippen molar-refractivity contribution in [2.75, 3.05) is 13.7 Å². The summed E-state index contributed by atoms with van der Waals surface area (Å²) in [5.41, 5.74) is 4.31. The molecule has 0 bridgehead atoms. The summed E-state index contributed by atoms with van der Waals surface area (Å²) < 4.78 is 18.6. The second-order valence-electron chi connectivity index (χ2n) is 10.6. The van der Waals surface area contributed by atoms with Crippen molar-refractivity contribution in [1.82, 2.24) is 4.98 Å². The lowest BCUT2D eigenvalue weighted by molar-refractivity contribution is -0.268. The first-order valence-electron chi connectivity index (χ1n) is 14.1. The highest BCUT2D eigenvalue weighted by atomic mass is 16.7. The number of ketones is 1. The number of hydrogen-bond donors (Lipinski definition) is 1. The van der Waals surface area contributed by atoms with E-state index in [1.165, 1.54) is 14.0 Å². The van der Waals surface area contributed by atoms with Crippen LogP contribution in [-0.2, 0) is 26.5 Å². The second kappa shape index (κ2) is 11.8. The minimum Gasteiger partial charge on any atom is -0.492 e. The number of aromatic nitrogens is 1. The molecule has 1 aliphatic heterocycles. The molecule has 43 heavy (non-hydrogen) atoms. The van der Waals surface area contributed by atoms with E-state index in [0.29, 0.717) is 17.7 Å². The molecule has 4 aromatic carbocycles. The largest absolute Gasteiger partial charge is 0.492 e. The first-order chi connectivity index (χ1) is 20.9. The zero-order chi connectivity index (χ0) is 30.0. The molecule has 7 heteroatoms. The Labute approximate surface area is 249 Å². The Bertz CT molecular complexity index is 1800. The minimum absolute atomic E-state index is 0.173. The first kappa shape index (κ1) is 28.3. The molecule has 1 aliphatic rings. The van der Waals surface area contributed by atoms with Crippen LogP contribution in [0.5, 0.6) is 5.75 Å². The molecule has 2 heterocycles. The average molecular weight is 574 g/mol. The van der Waals surface area contributed by atoms with Crippen LogP contribution in [0.15, 0.2) is 109 Å². The molecule has 0 saturated heterocycles. The lowest BCUT2D eigenvalue weighted by Gasteiger charge is -2.43. The summed E-state index contributed by atoms with van der Waals surface area (Å²) in [5, 5.41) is 12.2. The van der Waals surface area contributed by atoms with E-state index in [1.54, 1.807) is 24.3 Å². The van der Waals surface area contributed by atoms with Gasteiger partial charge in [-0.1, -0.05) is 78.9 Å². The fourth-order valence-electron chi connectivity index (χ4n) is 5.77. The van der Waals surface area contributed by atoms with Gasteiger partial charge in [-0.25, -0.2) is 9.78 Å². The molecule has 1 aromatic heterocycles. The van der Waals surface area contributed by atoms with Crippen LogP contribution < -0.4 is 4.74 Å². The van der Waals surface area contributed by atoms with Gasteiger partial charge in [0.15, 0.2) is 11.9 Å². The molecule has 0 unspecified atom stereocenters. The maximum absolute atomic E-state index is 13.7. The van der Waals surface area contributed by atoms with E-state index in [1.807, 2.05) is 84.9 Å². The van der Waals surface area contributed by atoms with Crippen molar-refractivity contribution in [3.8, 4) is 17.0 Å². The summed E-state index contributed by atoms with van der Waals surface area (Å²) >= 11 is 0. The number of para-hydroxylation sites is 1. The fourth-order valence-corrected chi connectivity index (χ4v) is 5.77. The molecular weight excluding hydrogens is 542 g/mol. The highest BCUT2D eigenvalue weighted by molar-refractivity contribution is 5.97. The van der Waals surface area contributed by atoms with Crippen molar-refractivity contribution in [1.29, 1.82) is 0 Å². The van der Waals surface area contributed by atoms with Gasteiger partial charge in [-0.2, -0.15) is 0 Å². The highest BCUT2D eigenvalue weighted by Gasteiger charge is 2.51. The average Bonchev–Trinajstić information content (AvgIpc) is 3.05. The predicted octanol–water partition coefficient (Wildman–Crippen LogP) is 6.43. The molecule has 0 fully saturated rings. The van der Waals surface area contributed by atoms with Gasteiger partial charge in [-0.3, -0.25) is 4.79 Å². The van der Waals surface area contributed by atoms with Gasteiger partial charge in [0.2, 0.25) is 5.79 Å². The number of esters is 1. The van der Waals surface area contributed by atoms with Crippen LogP contribution in [0.3, 0.4) is 0 Å². The monoisotopic (exact) mass is 573 g/mol. The molecule has 5 aromatic rings. The number of rotatable bonds is 8. The van der Waals surface area contributed by atoms with E-state index in [2.05, 4.69) is 0 Å². The van der Waals surface area contributed by atoms with Gasteiger partial charge in [0.25, 0.3) is 0 Å². The smallest absolute Gasteiger partial charge is 0.342 e. The molecule has 0 amide bonds. The number of hydrogen-bond acceptors (Lipinski definition) is 7. The van der Waals surface area contributed by atoms with Gasteiger partial charge in [0, 0.05) is 29.2 Å². The summed E-state index contributed by atoms with van der Waals surface area (Å²) in [6.07, 6.45) is -1.24. The standard InChI is InChI=1S/C36H31NO6/c1-23(38)28-13-7-8-14-29(28)34(39)35(40)43-36(41-2)27(20-24-10-4-3-5-11-24)22-42-33-19-17-26(21-30(33)36)32-18-16-25-12-6-9-15-31(25)37-32/h3-19,21,27,34,39H,20,22H2,1-2H3/t27-,34-,36+/m1/s1. The van der Waals surface area contributed by atoms with E-state index < -0.39 is 23.8 Å². The Morgan fingerprint density at radius 1 is 0.953 bits per heavy atom. The van der Waals surface area contributed by atoms with Crippen LogP contribution in [0.2, 0.25) is 0 Å². The van der Waals surface area contributed by atoms with Crippen molar-refractivity contribution in [2.45, 2.75) is 25.2 Å². The second-order valence-corrected chi connectivity index (χ2v) is 10.6. The molecule has 6 rings (SSSR count). The Morgan fingerprint density at radius 2 is 1.70 bits per heavy atom. The van der Waals surface area contributed by atoms with Crippen LogP contribution in [-0.4, -0.2) is 35.6 Å². The van der Waals surface area contributed by atoms with Crippen molar-refractivity contribution >= 4 is 22.7 Å².